The van der Waals surface area contributed by atoms with Crippen molar-refractivity contribution in [1.82, 2.24) is 9.88 Å². The van der Waals surface area contributed by atoms with Gasteiger partial charge in [0.15, 0.2) is 5.78 Å². The molecule has 2 aromatic rings. The summed E-state index contributed by atoms with van der Waals surface area (Å²) in [6.45, 7) is 5.27. The summed E-state index contributed by atoms with van der Waals surface area (Å²) in [6, 6.07) is 6.67. The van der Waals surface area contributed by atoms with E-state index in [-0.39, 0.29) is 30.5 Å². The molecular weight excluding hydrogens is 348 g/mol. The van der Waals surface area contributed by atoms with E-state index in [1.54, 1.807) is 59.2 Å². The van der Waals surface area contributed by atoms with Crippen LogP contribution in [0.15, 0.2) is 24.3 Å². The molecule has 144 valence electrons. The summed E-state index contributed by atoms with van der Waals surface area (Å²) in [4.78, 5) is 41.5. The summed E-state index contributed by atoms with van der Waals surface area (Å²) in [6.07, 6.45) is 0. The Labute approximate surface area is 158 Å². The lowest BCUT2D eigenvalue weighted by Crippen LogP contribution is -2.32. The van der Waals surface area contributed by atoms with Gasteiger partial charge in [0.05, 0.1) is 20.3 Å². The quantitative estimate of drug-likeness (QED) is 0.596. The third-order valence-electron chi connectivity index (χ3n) is 4.26. The zero-order valence-corrected chi connectivity index (χ0v) is 16.2. The number of likely N-dealkylation sites (N-methyl/N-ethyl adjacent to an activating group) is 1. The second kappa shape index (κ2) is 8.53. The van der Waals surface area contributed by atoms with E-state index in [2.05, 4.69) is 4.98 Å². The van der Waals surface area contributed by atoms with Crippen LogP contribution in [0.25, 0.3) is 0 Å². The highest BCUT2D eigenvalue weighted by Gasteiger charge is 2.24. The number of ether oxygens (including phenoxy) is 2. The second-order valence-electron chi connectivity index (χ2n) is 6.16. The van der Waals surface area contributed by atoms with E-state index in [4.69, 9.17) is 9.47 Å². The maximum Gasteiger partial charge on any atom is 0.355 e. The summed E-state index contributed by atoms with van der Waals surface area (Å²) >= 11 is 0. The van der Waals surface area contributed by atoms with Gasteiger partial charge in [0.25, 0.3) is 5.91 Å². The molecule has 0 radical (unpaired) electrons. The summed E-state index contributed by atoms with van der Waals surface area (Å²) in [5, 5.41) is 0. The minimum atomic E-state index is -0.500. The molecule has 0 fully saturated rings. The zero-order valence-electron chi connectivity index (χ0n) is 16.2. The van der Waals surface area contributed by atoms with Crippen molar-refractivity contribution in [2.45, 2.75) is 20.8 Å². The number of esters is 1. The van der Waals surface area contributed by atoms with Crippen LogP contribution in [0.4, 0.5) is 0 Å². The van der Waals surface area contributed by atoms with E-state index in [9.17, 15) is 14.4 Å². The molecule has 2 rings (SSSR count). The average Bonchev–Trinajstić information content (AvgIpc) is 2.95. The van der Waals surface area contributed by atoms with Gasteiger partial charge < -0.3 is 19.4 Å². The Kier molecular flexibility index (Phi) is 6.39. The lowest BCUT2D eigenvalue weighted by atomic mass is 10.0. The Bertz CT molecular complexity index is 852. The Balaban J connectivity index is 2.16. The Morgan fingerprint density at radius 2 is 1.74 bits per heavy atom. The second-order valence-corrected chi connectivity index (χ2v) is 6.16. The average molecular weight is 372 g/mol. The molecule has 0 aliphatic rings. The van der Waals surface area contributed by atoms with Crippen LogP contribution >= 0.6 is 0 Å². The van der Waals surface area contributed by atoms with Gasteiger partial charge in [0.1, 0.15) is 11.4 Å². The molecule has 1 aromatic carbocycles. The van der Waals surface area contributed by atoms with Crippen LogP contribution < -0.4 is 4.74 Å². The number of rotatable bonds is 7. The predicted molar refractivity (Wildman–Crippen MR) is 101 cm³/mol. The predicted octanol–water partition coefficient (Wildman–Crippen LogP) is 2.77. The third kappa shape index (κ3) is 4.36. The van der Waals surface area contributed by atoms with Crippen molar-refractivity contribution in [3.63, 3.8) is 0 Å². The Morgan fingerprint density at radius 3 is 2.30 bits per heavy atom. The van der Waals surface area contributed by atoms with Gasteiger partial charge in [-0.05, 0) is 50.6 Å². The van der Waals surface area contributed by atoms with E-state index in [0.717, 1.165) is 0 Å². The van der Waals surface area contributed by atoms with Crippen LogP contribution in [0.1, 0.15) is 49.4 Å². The first-order valence-corrected chi connectivity index (χ1v) is 8.59. The van der Waals surface area contributed by atoms with Gasteiger partial charge >= 0.3 is 5.97 Å². The first kappa shape index (κ1) is 20.2. The molecule has 1 aromatic heterocycles. The number of aryl methyl sites for hydroxylation is 1. The highest BCUT2D eigenvalue weighted by molar-refractivity contribution is 6.05. The first-order chi connectivity index (χ1) is 12.8. The molecule has 0 aliphatic carbocycles. The van der Waals surface area contributed by atoms with Crippen molar-refractivity contribution >= 4 is 17.7 Å². The lowest BCUT2D eigenvalue weighted by molar-refractivity contribution is 0.0519. The van der Waals surface area contributed by atoms with Crippen LogP contribution in [0.2, 0.25) is 0 Å². The van der Waals surface area contributed by atoms with E-state index >= 15 is 0 Å². The van der Waals surface area contributed by atoms with Gasteiger partial charge in [0.2, 0.25) is 0 Å². The number of H-pyrrole nitrogens is 1. The number of hydrogen-bond acceptors (Lipinski definition) is 5. The smallest absolute Gasteiger partial charge is 0.355 e. The van der Waals surface area contributed by atoms with Gasteiger partial charge in [-0.3, -0.25) is 9.59 Å². The summed E-state index contributed by atoms with van der Waals surface area (Å²) < 4.78 is 10.1. The van der Waals surface area contributed by atoms with E-state index in [1.165, 1.54) is 4.90 Å². The molecule has 0 saturated carbocycles. The van der Waals surface area contributed by atoms with Crippen LogP contribution in [0.5, 0.6) is 5.75 Å². The molecule has 7 heteroatoms. The first-order valence-electron chi connectivity index (χ1n) is 8.59. The zero-order chi connectivity index (χ0) is 20.1. The number of nitrogens with one attached hydrogen (secondary N) is 1. The number of methoxy groups -OCH3 is 1. The highest BCUT2D eigenvalue weighted by atomic mass is 16.5. The number of aromatic nitrogens is 1. The molecule has 0 spiro atoms. The number of nitrogens with zero attached hydrogens (tertiary/aromatic N) is 1. The fraction of sp³-hybridized carbons (Fsp3) is 0.350. The number of carbonyl (C=O) groups is 3. The molecule has 0 bridgehead atoms. The number of benzene rings is 1. The van der Waals surface area contributed by atoms with Gasteiger partial charge in [-0.2, -0.15) is 0 Å². The molecule has 1 N–H and O–H groups in total. The standard InChI is InChI=1S/C20H24N2O5/c1-6-27-20(25)18-12(2)17(13(3)21-18)16(23)11-22(4)19(24)14-7-9-15(26-5)10-8-14/h7-10,21H,6,11H2,1-5H3. The van der Waals surface area contributed by atoms with Crippen molar-refractivity contribution in [3.05, 3.63) is 52.3 Å². The summed E-state index contributed by atoms with van der Waals surface area (Å²) in [7, 11) is 3.11. The van der Waals surface area contributed by atoms with Crippen LogP contribution in [0, 0.1) is 13.8 Å². The molecule has 0 atom stereocenters. The van der Waals surface area contributed by atoms with Crippen molar-refractivity contribution in [2.75, 3.05) is 27.3 Å². The fourth-order valence-electron chi connectivity index (χ4n) is 2.90. The molecular formula is C20H24N2O5. The van der Waals surface area contributed by atoms with Gasteiger partial charge in [-0.15, -0.1) is 0 Å². The molecule has 7 nitrogen and oxygen atoms in total. The molecule has 0 aliphatic heterocycles. The van der Waals surface area contributed by atoms with Crippen molar-refractivity contribution in [1.29, 1.82) is 0 Å². The number of amides is 1. The third-order valence-corrected chi connectivity index (χ3v) is 4.26. The molecule has 1 amide bonds. The topological polar surface area (TPSA) is 88.7 Å². The summed E-state index contributed by atoms with van der Waals surface area (Å²) in [5.41, 5.74) is 2.24. The monoisotopic (exact) mass is 372 g/mol. The fourth-order valence-corrected chi connectivity index (χ4v) is 2.90. The number of hydrogen-bond donors (Lipinski definition) is 1. The van der Waals surface area contributed by atoms with Crippen LogP contribution in [0.3, 0.4) is 0 Å². The molecule has 27 heavy (non-hydrogen) atoms. The normalized spacial score (nSPS) is 10.4. The van der Waals surface area contributed by atoms with Gasteiger partial charge in [-0.1, -0.05) is 0 Å². The number of Topliss-reactive ketones (excluding diaryl/α,β-unsaturated/α-hetero) is 1. The van der Waals surface area contributed by atoms with Crippen LogP contribution in [-0.4, -0.2) is 54.9 Å². The maximum absolute atomic E-state index is 12.7. The highest BCUT2D eigenvalue weighted by Crippen LogP contribution is 2.20. The Morgan fingerprint density at radius 1 is 1.11 bits per heavy atom. The van der Waals surface area contributed by atoms with Crippen molar-refractivity contribution in [2.24, 2.45) is 0 Å². The minimum Gasteiger partial charge on any atom is -0.497 e. The molecule has 0 unspecified atom stereocenters. The number of aromatic amines is 1. The number of ketones is 1. The SMILES string of the molecule is CCOC(=O)c1[nH]c(C)c(C(=O)CN(C)C(=O)c2ccc(OC)cc2)c1C. The number of carbonyl (C=O) groups excluding carboxylic acids is 3. The van der Waals surface area contributed by atoms with Gasteiger partial charge in [0, 0.05) is 23.9 Å². The molecule has 1 heterocycles. The lowest BCUT2D eigenvalue weighted by Gasteiger charge is -2.17. The van der Waals surface area contributed by atoms with Crippen LogP contribution in [-0.2, 0) is 4.74 Å². The Hall–Kier alpha value is -3.09. The van der Waals surface area contributed by atoms with E-state index < -0.39 is 5.97 Å². The molecule has 0 saturated heterocycles. The van der Waals surface area contributed by atoms with Gasteiger partial charge in [-0.25, -0.2) is 4.79 Å². The minimum absolute atomic E-state index is 0.105. The van der Waals surface area contributed by atoms with Crippen molar-refractivity contribution in [3.8, 4) is 5.75 Å². The van der Waals surface area contributed by atoms with E-state index in [0.29, 0.717) is 28.1 Å². The van der Waals surface area contributed by atoms with E-state index in [1.807, 2.05) is 0 Å². The largest absolute Gasteiger partial charge is 0.497 e. The summed E-state index contributed by atoms with van der Waals surface area (Å²) in [5.74, 6) is -0.376. The maximum atomic E-state index is 12.7. The van der Waals surface area contributed by atoms with Crippen molar-refractivity contribution < 1.29 is 23.9 Å².